The van der Waals surface area contributed by atoms with Crippen LogP contribution in [0.2, 0.25) is 0 Å². The molecule has 0 saturated carbocycles. The molecule has 0 spiro atoms. The molecule has 0 saturated heterocycles. The number of benzene rings is 1. The largest absolute Gasteiger partial charge is 0.495 e. The Morgan fingerprint density at radius 3 is 2.53 bits per heavy atom. The standard InChI is InChI=1S/C12H16BrNO3/c1-12(2,11(15)16)14(3)9-7-8(13)5-6-10(9)17-4/h5-7H,1-4H3,(H,15,16). The number of aliphatic carboxylic acids is 1. The summed E-state index contributed by atoms with van der Waals surface area (Å²) in [5.74, 6) is -0.243. The number of hydrogen-bond acceptors (Lipinski definition) is 3. The molecule has 1 rings (SSSR count). The van der Waals surface area contributed by atoms with E-state index in [1.165, 1.54) is 0 Å². The van der Waals surface area contributed by atoms with Crippen LogP contribution >= 0.6 is 15.9 Å². The van der Waals surface area contributed by atoms with E-state index < -0.39 is 11.5 Å². The Kier molecular flexibility index (Phi) is 4.03. The minimum atomic E-state index is -1.01. The van der Waals surface area contributed by atoms with Crippen LogP contribution in [-0.2, 0) is 4.79 Å². The van der Waals surface area contributed by atoms with Gasteiger partial charge in [0.15, 0.2) is 0 Å². The van der Waals surface area contributed by atoms with Gasteiger partial charge in [0.2, 0.25) is 0 Å². The van der Waals surface area contributed by atoms with Gasteiger partial charge in [0.25, 0.3) is 0 Å². The first kappa shape index (κ1) is 13.8. The summed E-state index contributed by atoms with van der Waals surface area (Å²) in [6.07, 6.45) is 0. The second kappa shape index (κ2) is 4.96. The summed E-state index contributed by atoms with van der Waals surface area (Å²) in [5.41, 5.74) is -0.275. The molecule has 0 aliphatic rings. The number of ether oxygens (including phenoxy) is 1. The van der Waals surface area contributed by atoms with Gasteiger partial charge in [-0.3, -0.25) is 0 Å². The molecule has 1 aromatic carbocycles. The predicted octanol–water partition coefficient (Wildman–Crippen LogP) is 2.76. The van der Waals surface area contributed by atoms with Crippen molar-refractivity contribution < 1.29 is 14.6 Å². The zero-order chi connectivity index (χ0) is 13.2. The summed E-state index contributed by atoms with van der Waals surface area (Å²) in [7, 11) is 3.30. The van der Waals surface area contributed by atoms with Crippen LogP contribution in [0, 0.1) is 0 Å². The number of hydrogen-bond donors (Lipinski definition) is 1. The third-order valence-corrected chi connectivity index (χ3v) is 3.36. The van der Waals surface area contributed by atoms with Crippen molar-refractivity contribution in [2.24, 2.45) is 0 Å². The summed E-state index contributed by atoms with van der Waals surface area (Å²) < 4.78 is 6.12. The Labute approximate surface area is 109 Å². The van der Waals surface area contributed by atoms with Gasteiger partial charge in [0.1, 0.15) is 11.3 Å². The molecule has 0 heterocycles. The van der Waals surface area contributed by atoms with E-state index in [0.29, 0.717) is 5.75 Å². The van der Waals surface area contributed by atoms with Crippen LogP contribution in [0.3, 0.4) is 0 Å². The van der Waals surface area contributed by atoms with Crippen LogP contribution in [-0.4, -0.2) is 30.8 Å². The van der Waals surface area contributed by atoms with Crippen LogP contribution in [0.5, 0.6) is 5.75 Å². The highest BCUT2D eigenvalue weighted by atomic mass is 79.9. The van der Waals surface area contributed by atoms with Crippen molar-refractivity contribution in [3.05, 3.63) is 22.7 Å². The van der Waals surface area contributed by atoms with Crippen molar-refractivity contribution in [3.63, 3.8) is 0 Å². The highest BCUT2D eigenvalue weighted by molar-refractivity contribution is 9.10. The number of halogens is 1. The second-order valence-electron chi connectivity index (χ2n) is 4.24. The lowest BCUT2D eigenvalue weighted by Gasteiger charge is -2.34. The van der Waals surface area contributed by atoms with E-state index in [1.54, 1.807) is 39.0 Å². The summed E-state index contributed by atoms with van der Waals surface area (Å²) in [4.78, 5) is 12.9. The average Bonchev–Trinajstić information content (AvgIpc) is 2.27. The average molecular weight is 302 g/mol. The molecule has 0 radical (unpaired) electrons. The minimum Gasteiger partial charge on any atom is -0.495 e. The van der Waals surface area contributed by atoms with Gasteiger partial charge in [0.05, 0.1) is 12.8 Å². The maximum Gasteiger partial charge on any atom is 0.328 e. The molecule has 0 aliphatic heterocycles. The molecular formula is C12H16BrNO3. The molecule has 0 unspecified atom stereocenters. The van der Waals surface area contributed by atoms with Crippen LogP contribution in [0.1, 0.15) is 13.8 Å². The SMILES string of the molecule is COc1ccc(Br)cc1N(C)C(C)(C)C(=O)O. The first-order chi connectivity index (χ1) is 7.80. The van der Waals surface area contributed by atoms with Gasteiger partial charge in [-0.05, 0) is 32.0 Å². The Morgan fingerprint density at radius 1 is 1.47 bits per heavy atom. The molecule has 4 nitrogen and oxygen atoms in total. The molecule has 1 aromatic rings. The molecule has 94 valence electrons. The molecule has 0 amide bonds. The maximum atomic E-state index is 11.2. The summed E-state index contributed by atoms with van der Waals surface area (Å²) in [6.45, 7) is 3.30. The van der Waals surface area contributed by atoms with E-state index in [1.807, 2.05) is 12.1 Å². The van der Waals surface area contributed by atoms with Gasteiger partial charge in [-0.2, -0.15) is 0 Å². The van der Waals surface area contributed by atoms with Crippen molar-refractivity contribution in [2.45, 2.75) is 19.4 Å². The Bertz CT molecular complexity index is 432. The molecule has 0 bridgehead atoms. The van der Waals surface area contributed by atoms with Crippen molar-refractivity contribution in [3.8, 4) is 5.75 Å². The molecular weight excluding hydrogens is 286 g/mol. The fourth-order valence-electron chi connectivity index (χ4n) is 1.37. The normalized spacial score (nSPS) is 11.1. The number of methoxy groups -OCH3 is 1. The minimum absolute atomic E-state index is 0.644. The van der Waals surface area contributed by atoms with E-state index >= 15 is 0 Å². The molecule has 5 heteroatoms. The number of anilines is 1. The van der Waals surface area contributed by atoms with Crippen LogP contribution in [0.4, 0.5) is 5.69 Å². The lowest BCUT2D eigenvalue weighted by molar-refractivity contribution is -0.142. The number of nitrogens with zero attached hydrogens (tertiary/aromatic N) is 1. The van der Waals surface area contributed by atoms with Gasteiger partial charge >= 0.3 is 5.97 Å². The second-order valence-corrected chi connectivity index (χ2v) is 5.16. The van der Waals surface area contributed by atoms with E-state index in [9.17, 15) is 9.90 Å². The fourth-order valence-corrected chi connectivity index (χ4v) is 1.72. The quantitative estimate of drug-likeness (QED) is 0.929. The zero-order valence-corrected chi connectivity index (χ0v) is 11.9. The highest BCUT2D eigenvalue weighted by Gasteiger charge is 2.33. The van der Waals surface area contributed by atoms with Gasteiger partial charge in [-0.1, -0.05) is 15.9 Å². The number of carbonyl (C=O) groups is 1. The van der Waals surface area contributed by atoms with Crippen molar-refractivity contribution >= 4 is 27.6 Å². The van der Waals surface area contributed by atoms with Gasteiger partial charge in [-0.15, -0.1) is 0 Å². The zero-order valence-electron chi connectivity index (χ0n) is 10.3. The first-order valence-electron chi connectivity index (χ1n) is 5.11. The fraction of sp³-hybridized carbons (Fsp3) is 0.417. The Morgan fingerprint density at radius 2 is 2.06 bits per heavy atom. The number of likely N-dealkylation sites (N-methyl/N-ethyl adjacent to an activating group) is 1. The summed E-state index contributed by atoms with van der Waals surface area (Å²) in [6, 6.07) is 5.49. The Balaban J connectivity index is 3.23. The molecule has 0 aliphatic carbocycles. The van der Waals surface area contributed by atoms with Crippen molar-refractivity contribution in [1.82, 2.24) is 0 Å². The van der Waals surface area contributed by atoms with Crippen LogP contribution in [0.15, 0.2) is 22.7 Å². The van der Waals surface area contributed by atoms with E-state index in [4.69, 9.17) is 4.74 Å². The lowest BCUT2D eigenvalue weighted by atomic mass is 10.0. The summed E-state index contributed by atoms with van der Waals surface area (Å²) in [5, 5.41) is 9.21. The van der Waals surface area contributed by atoms with Gasteiger partial charge < -0.3 is 14.7 Å². The summed E-state index contributed by atoms with van der Waals surface area (Å²) >= 11 is 3.37. The van der Waals surface area contributed by atoms with E-state index in [2.05, 4.69) is 15.9 Å². The smallest absolute Gasteiger partial charge is 0.328 e. The molecule has 0 atom stereocenters. The van der Waals surface area contributed by atoms with Gasteiger partial charge in [-0.25, -0.2) is 4.79 Å². The third kappa shape index (κ3) is 2.72. The molecule has 0 fully saturated rings. The van der Waals surface area contributed by atoms with E-state index in [-0.39, 0.29) is 0 Å². The molecule has 0 aromatic heterocycles. The topological polar surface area (TPSA) is 49.8 Å². The molecule has 17 heavy (non-hydrogen) atoms. The van der Waals surface area contributed by atoms with Crippen LogP contribution in [0.25, 0.3) is 0 Å². The van der Waals surface area contributed by atoms with Crippen LogP contribution < -0.4 is 9.64 Å². The monoisotopic (exact) mass is 301 g/mol. The first-order valence-corrected chi connectivity index (χ1v) is 5.90. The predicted molar refractivity (Wildman–Crippen MR) is 70.8 cm³/mol. The lowest BCUT2D eigenvalue weighted by Crippen LogP contribution is -2.48. The Hall–Kier alpha value is -1.23. The van der Waals surface area contributed by atoms with Crippen molar-refractivity contribution in [2.75, 3.05) is 19.1 Å². The van der Waals surface area contributed by atoms with E-state index in [0.717, 1.165) is 10.2 Å². The number of rotatable bonds is 4. The maximum absolute atomic E-state index is 11.2. The molecule has 1 N–H and O–H groups in total. The highest BCUT2D eigenvalue weighted by Crippen LogP contribution is 2.34. The third-order valence-electron chi connectivity index (χ3n) is 2.86. The number of carboxylic acid groups (broad SMARTS) is 1. The van der Waals surface area contributed by atoms with Gasteiger partial charge in [0, 0.05) is 11.5 Å². The number of carboxylic acids is 1. The van der Waals surface area contributed by atoms with Crippen molar-refractivity contribution in [1.29, 1.82) is 0 Å².